The molecule has 2 N–H and O–H groups in total. The molecular formula is C47H48F3NO6S2. The smallest absolute Gasteiger partial charge is 0.406 e. The summed E-state index contributed by atoms with van der Waals surface area (Å²) in [4.78, 5) is 15.5. The van der Waals surface area contributed by atoms with Crippen LogP contribution in [0, 0.1) is 33.5 Å². The molecule has 2 bridgehead atoms. The highest BCUT2D eigenvalue weighted by Gasteiger charge is 2.74. The molecule has 59 heavy (non-hydrogen) atoms. The molecule has 10 rings (SSSR count). The Labute approximate surface area is 347 Å². The molecule has 6 aliphatic rings. The molecule has 6 aliphatic carbocycles. The summed E-state index contributed by atoms with van der Waals surface area (Å²) in [6.45, 7) is 3.95. The summed E-state index contributed by atoms with van der Waals surface area (Å²) in [5.74, 6) is -0.692. The first-order valence-electron chi connectivity index (χ1n) is 20.4. The highest BCUT2D eigenvalue weighted by Crippen LogP contribution is 2.78. The lowest BCUT2D eigenvalue weighted by Crippen LogP contribution is -2.67. The van der Waals surface area contributed by atoms with Crippen molar-refractivity contribution in [3.8, 4) is 16.9 Å². The van der Waals surface area contributed by atoms with E-state index >= 15 is 4.79 Å². The van der Waals surface area contributed by atoms with Crippen molar-refractivity contribution in [2.75, 3.05) is 6.54 Å². The lowest BCUT2D eigenvalue weighted by atomic mass is 9.32. The second-order valence-corrected chi connectivity index (χ2v) is 21.1. The molecule has 0 radical (unpaired) electrons. The maximum atomic E-state index is 15.5. The minimum Gasteiger partial charge on any atom is -0.406 e. The predicted octanol–water partition coefficient (Wildman–Crippen LogP) is 9.98. The van der Waals surface area contributed by atoms with E-state index in [1.165, 1.54) is 22.5 Å². The molecule has 0 aliphatic heterocycles. The Morgan fingerprint density at radius 1 is 0.864 bits per heavy atom. The summed E-state index contributed by atoms with van der Waals surface area (Å²) in [6, 6.07) is 25.8. The Morgan fingerprint density at radius 3 is 2.25 bits per heavy atom. The average molecular weight is 844 g/mol. The topological polar surface area (TPSA) is 104 Å². The number of ether oxygens (including phenoxy) is 1. The predicted molar refractivity (Wildman–Crippen MR) is 220 cm³/mol. The summed E-state index contributed by atoms with van der Waals surface area (Å²) in [5.41, 5.74) is -0.457. The van der Waals surface area contributed by atoms with Crippen molar-refractivity contribution in [1.82, 2.24) is 4.31 Å². The summed E-state index contributed by atoms with van der Waals surface area (Å²) >= 11 is 1.06. The number of aliphatic hydroxyl groups is 2. The van der Waals surface area contributed by atoms with Gasteiger partial charge in [-0.25, -0.2) is 8.42 Å². The van der Waals surface area contributed by atoms with E-state index < -0.39 is 50.1 Å². The zero-order valence-corrected chi connectivity index (χ0v) is 34.6. The van der Waals surface area contributed by atoms with Crippen LogP contribution in [0.1, 0.15) is 74.7 Å². The minimum absolute atomic E-state index is 0.0316. The fourth-order valence-corrected chi connectivity index (χ4v) is 15.0. The number of fused-ring (bicyclic) bond motifs is 1. The number of sulfonamides is 1. The van der Waals surface area contributed by atoms with E-state index in [9.17, 15) is 31.8 Å². The lowest BCUT2D eigenvalue weighted by molar-refractivity contribution is -0.274. The van der Waals surface area contributed by atoms with Crippen molar-refractivity contribution in [3.05, 3.63) is 131 Å². The van der Waals surface area contributed by atoms with E-state index in [4.69, 9.17) is 0 Å². The molecule has 4 aromatic rings. The average Bonchev–Trinajstić information content (AvgIpc) is 3.85. The summed E-state index contributed by atoms with van der Waals surface area (Å²) in [7, 11) is -4.17. The quantitative estimate of drug-likeness (QED) is 0.122. The molecule has 0 amide bonds. The van der Waals surface area contributed by atoms with Gasteiger partial charge in [-0.05, 0) is 102 Å². The Morgan fingerprint density at radius 2 is 1.54 bits per heavy atom. The zero-order chi connectivity index (χ0) is 41.6. The third kappa shape index (κ3) is 6.22. The van der Waals surface area contributed by atoms with Crippen LogP contribution in [0.4, 0.5) is 13.2 Å². The van der Waals surface area contributed by atoms with Gasteiger partial charge in [0.2, 0.25) is 0 Å². The van der Waals surface area contributed by atoms with Crippen molar-refractivity contribution < 1.29 is 41.3 Å². The van der Waals surface area contributed by atoms with E-state index in [2.05, 4.69) is 36.8 Å². The molecule has 1 aromatic heterocycles. The SMILES string of the molecule is C[C@]12CC[C@H]3[C@]4(C=C[C@@]5(C=C4C(=O)c4ccccc4-c4ccccc4)CC(O)CC[C@]35C)[C@@H]1CC[C@@]2(O)CN(Cc1ccc(OC(F)(F)F)cc1)S(=O)(=O)c1cccs1. The molecule has 7 nitrogen and oxygen atoms in total. The van der Waals surface area contributed by atoms with E-state index in [0.29, 0.717) is 48.8 Å². The van der Waals surface area contributed by atoms with Crippen LogP contribution in [-0.2, 0) is 16.6 Å². The zero-order valence-electron chi connectivity index (χ0n) is 33.0. The molecule has 1 heterocycles. The van der Waals surface area contributed by atoms with Gasteiger partial charge in [0.1, 0.15) is 9.96 Å². The number of allylic oxidation sites excluding steroid dienone is 4. The van der Waals surface area contributed by atoms with Crippen LogP contribution >= 0.6 is 11.3 Å². The molecular weight excluding hydrogens is 796 g/mol. The molecule has 310 valence electrons. The number of Topliss-reactive ketones (excluding diaryl/α,β-unsaturated/α-hetero) is 1. The highest BCUT2D eigenvalue weighted by atomic mass is 32.2. The van der Waals surface area contributed by atoms with Gasteiger partial charge in [-0.1, -0.05) is 105 Å². The van der Waals surface area contributed by atoms with Crippen molar-refractivity contribution in [2.24, 2.45) is 33.5 Å². The Balaban J connectivity index is 1.13. The first kappa shape index (κ1) is 40.3. The first-order chi connectivity index (χ1) is 27.9. The molecule has 1 unspecified atom stereocenters. The van der Waals surface area contributed by atoms with Gasteiger partial charge >= 0.3 is 6.36 Å². The number of halogens is 3. The highest BCUT2D eigenvalue weighted by molar-refractivity contribution is 7.91. The van der Waals surface area contributed by atoms with Gasteiger partial charge in [-0.15, -0.1) is 24.5 Å². The van der Waals surface area contributed by atoms with Gasteiger partial charge < -0.3 is 14.9 Å². The number of nitrogens with zero attached hydrogens (tertiary/aromatic N) is 1. The number of carbonyl (C=O) groups excluding carboxylic acids is 1. The van der Waals surface area contributed by atoms with Gasteiger partial charge in [0, 0.05) is 40.5 Å². The normalized spacial score (nSPS) is 33.6. The van der Waals surface area contributed by atoms with Crippen LogP contribution in [0.5, 0.6) is 5.75 Å². The second-order valence-electron chi connectivity index (χ2n) is 17.9. The molecule has 0 saturated heterocycles. The van der Waals surface area contributed by atoms with Crippen LogP contribution in [0.3, 0.4) is 0 Å². The number of hydrogen-bond donors (Lipinski definition) is 2. The van der Waals surface area contributed by atoms with Crippen molar-refractivity contribution in [3.63, 3.8) is 0 Å². The number of rotatable bonds is 10. The van der Waals surface area contributed by atoms with Crippen LogP contribution in [0.2, 0.25) is 0 Å². The van der Waals surface area contributed by atoms with Crippen molar-refractivity contribution >= 4 is 27.1 Å². The number of ketones is 1. The molecule has 12 heteroatoms. The van der Waals surface area contributed by atoms with Crippen LogP contribution in [0.25, 0.3) is 11.1 Å². The minimum atomic E-state index is -4.87. The van der Waals surface area contributed by atoms with Crippen LogP contribution < -0.4 is 4.74 Å². The summed E-state index contributed by atoms with van der Waals surface area (Å²) < 4.78 is 73.2. The lowest BCUT2D eigenvalue weighted by Gasteiger charge is -2.71. The third-order valence-electron chi connectivity index (χ3n) is 15.3. The third-order valence-corrected chi connectivity index (χ3v) is 18.4. The Bertz CT molecular complexity index is 2440. The van der Waals surface area contributed by atoms with Gasteiger partial charge in [0.25, 0.3) is 10.0 Å². The number of thiophene rings is 1. The number of benzene rings is 3. The maximum absolute atomic E-state index is 15.5. The van der Waals surface area contributed by atoms with Crippen LogP contribution in [-0.4, -0.2) is 53.3 Å². The van der Waals surface area contributed by atoms with E-state index in [-0.39, 0.29) is 46.8 Å². The summed E-state index contributed by atoms with van der Waals surface area (Å²) in [6.07, 6.45) is 5.38. The standard InChI is InChI=1S/C47H48F3NO6S2/c1-42-21-18-33(52)27-44(42)24-25-46(37(28-44)41(53)36-12-7-6-11-35(36)32-9-4-3-5-10-32)38(42)19-22-43(2)39(46)20-23-45(43,54)30-51(59(55,56)40-13-8-26-58-40)29-31-14-16-34(17-15-31)57-47(48,49)50/h3-17,24-26,28,33,38-39,52,54H,18-23,27,29-30H2,1-2H3/t33?,38-,39-,42-,43+,44+,45-,46-/m1/s1. The number of hydrogen-bond acceptors (Lipinski definition) is 7. The van der Waals surface area contributed by atoms with Crippen molar-refractivity contribution in [2.45, 2.75) is 87.6 Å². The largest absolute Gasteiger partial charge is 0.573 e. The van der Waals surface area contributed by atoms with E-state index in [1.807, 2.05) is 54.6 Å². The Hall–Kier alpha value is -4.07. The monoisotopic (exact) mass is 843 g/mol. The molecule has 3 aromatic carbocycles. The fourth-order valence-electron chi connectivity index (χ4n) is 12.3. The molecule has 8 atom stereocenters. The maximum Gasteiger partial charge on any atom is 0.573 e. The van der Waals surface area contributed by atoms with E-state index in [0.717, 1.165) is 41.0 Å². The van der Waals surface area contributed by atoms with Gasteiger partial charge in [-0.3, -0.25) is 4.79 Å². The van der Waals surface area contributed by atoms with Gasteiger partial charge in [0.05, 0.1) is 11.7 Å². The van der Waals surface area contributed by atoms with Crippen molar-refractivity contribution in [1.29, 1.82) is 0 Å². The van der Waals surface area contributed by atoms with Gasteiger partial charge in [0.15, 0.2) is 5.78 Å². The first-order valence-corrected chi connectivity index (χ1v) is 22.7. The molecule has 3 saturated carbocycles. The molecule has 3 fully saturated rings. The number of alkyl halides is 3. The van der Waals surface area contributed by atoms with Gasteiger partial charge in [-0.2, -0.15) is 4.31 Å². The number of carbonyl (C=O) groups is 1. The number of aliphatic hydroxyl groups excluding tert-OH is 1. The second kappa shape index (κ2) is 14.0. The van der Waals surface area contributed by atoms with Crippen LogP contribution in [0.15, 0.2) is 124 Å². The molecule has 2 spiro atoms. The Kier molecular flexibility index (Phi) is 9.56. The van der Waals surface area contributed by atoms with E-state index in [1.54, 1.807) is 11.4 Å². The fraction of sp³-hybridized carbons (Fsp3) is 0.426. The summed E-state index contributed by atoms with van der Waals surface area (Å²) in [5, 5.41) is 26.0.